The van der Waals surface area contributed by atoms with E-state index >= 15 is 0 Å². The Morgan fingerprint density at radius 3 is 2.62 bits per heavy atom. The van der Waals surface area contributed by atoms with E-state index in [0.29, 0.717) is 12.6 Å². The number of hydrogen-bond acceptors (Lipinski definition) is 3. The number of benzene rings is 1. The van der Waals surface area contributed by atoms with Crippen LogP contribution < -0.4 is 5.32 Å². The molecule has 1 aliphatic heterocycles. The van der Waals surface area contributed by atoms with Crippen LogP contribution in [0, 0.1) is 5.92 Å². The van der Waals surface area contributed by atoms with Crippen LogP contribution in [0.1, 0.15) is 44.6 Å². The van der Waals surface area contributed by atoms with Crippen molar-refractivity contribution in [1.82, 2.24) is 10.2 Å². The first-order valence-corrected chi connectivity index (χ1v) is 8.82. The minimum Gasteiger partial charge on any atom is -0.384 e. The minimum atomic E-state index is -1.12. The third-order valence-electron chi connectivity index (χ3n) is 5.30. The van der Waals surface area contributed by atoms with Gasteiger partial charge in [-0.05, 0) is 25.3 Å². The first-order chi connectivity index (χ1) is 11.5. The fraction of sp³-hybridized carbons (Fsp3) is 0.579. The van der Waals surface area contributed by atoms with E-state index in [1.807, 2.05) is 35.2 Å². The molecule has 3 rings (SSSR count). The number of aliphatic hydroxyl groups is 1. The predicted octanol–water partition coefficient (Wildman–Crippen LogP) is 1.80. The molecule has 2 fully saturated rings. The number of rotatable bonds is 5. The minimum absolute atomic E-state index is 0.0943. The molecule has 24 heavy (non-hydrogen) atoms. The molecule has 2 N–H and O–H groups in total. The zero-order valence-corrected chi connectivity index (χ0v) is 14.2. The summed E-state index contributed by atoms with van der Waals surface area (Å²) in [4.78, 5) is 26.5. The van der Waals surface area contributed by atoms with Gasteiger partial charge in [-0.25, -0.2) is 0 Å². The lowest BCUT2D eigenvalue weighted by atomic mass is 9.95. The van der Waals surface area contributed by atoms with E-state index in [4.69, 9.17) is 0 Å². The van der Waals surface area contributed by atoms with E-state index in [-0.39, 0.29) is 30.7 Å². The largest absolute Gasteiger partial charge is 0.384 e. The Hall–Kier alpha value is -1.88. The Kier molecular flexibility index (Phi) is 4.90. The summed E-state index contributed by atoms with van der Waals surface area (Å²) in [5, 5.41) is 13.4. The molecule has 5 nitrogen and oxygen atoms in total. The van der Waals surface area contributed by atoms with Gasteiger partial charge in [-0.15, -0.1) is 0 Å². The van der Waals surface area contributed by atoms with Crippen LogP contribution in [0.5, 0.6) is 0 Å². The summed E-state index contributed by atoms with van der Waals surface area (Å²) in [6, 6.07) is 9.62. The van der Waals surface area contributed by atoms with Crippen LogP contribution in [0.15, 0.2) is 30.3 Å². The smallest absolute Gasteiger partial charge is 0.225 e. The van der Waals surface area contributed by atoms with Crippen molar-refractivity contribution < 1.29 is 14.7 Å². The molecule has 0 spiro atoms. The van der Waals surface area contributed by atoms with Crippen molar-refractivity contribution in [2.45, 2.75) is 50.7 Å². The second-order valence-corrected chi connectivity index (χ2v) is 7.24. The Labute approximate surface area is 143 Å². The zero-order valence-electron chi connectivity index (χ0n) is 14.2. The molecule has 2 atom stereocenters. The number of amides is 2. The van der Waals surface area contributed by atoms with Crippen molar-refractivity contribution in [1.29, 1.82) is 0 Å². The molecule has 2 amide bonds. The normalized spacial score (nSPS) is 24.2. The van der Waals surface area contributed by atoms with Crippen molar-refractivity contribution in [2.24, 2.45) is 5.92 Å². The van der Waals surface area contributed by atoms with E-state index in [1.54, 1.807) is 6.92 Å². The molecule has 130 valence electrons. The first kappa shape index (κ1) is 17.0. The van der Waals surface area contributed by atoms with Crippen LogP contribution in [-0.4, -0.2) is 41.0 Å². The Morgan fingerprint density at radius 2 is 1.96 bits per heavy atom. The summed E-state index contributed by atoms with van der Waals surface area (Å²) in [6.07, 6.45) is 4.75. The van der Waals surface area contributed by atoms with Crippen LogP contribution >= 0.6 is 0 Å². The Balaban J connectivity index is 1.55. The van der Waals surface area contributed by atoms with Gasteiger partial charge in [-0.2, -0.15) is 0 Å². The highest BCUT2D eigenvalue weighted by Crippen LogP contribution is 2.29. The first-order valence-electron chi connectivity index (χ1n) is 8.82. The van der Waals surface area contributed by atoms with E-state index in [0.717, 1.165) is 18.4 Å². The monoisotopic (exact) mass is 330 g/mol. The molecule has 1 heterocycles. The molecule has 2 unspecified atom stereocenters. The summed E-state index contributed by atoms with van der Waals surface area (Å²) in [5.41, 5.74) is -0.356. The molecule has 0 bridgehead atoms. The van der Waals surface area contributed by atoms with Gasteiger partial charge in [0.15, 0.2) is 0 Å². The second-order valence-electron chi connectivity index (χ2n) is 7.24. The lowest BCUT2D eigenvalue weighted by Crippen LogP contribution is -2.42. The topological polar surface area (TPSA) is 69.6 Å². The lowest BCUT2D eigenvalue weighted by Gasteiger charge is -2.26. The molecular weight excluding hydrogens is 304 g/mol. The third-order valence-corrected chi connectivity index (χ3v) is 5.30. The SMILES string of the molecule is CC(O)(CNC(=O)C1CC(=O)N(C2CCCC2)C1)c1ccccc1. The van der Waals surface area contributed by atoms with Crippen molar-refractivity contribution >= 4 is 11.8 Å². The summed E-state index contributed by atoms with van der Waals surface area (Å²) < 4.78 is 0. The molecule has 1 aromatic carbocycles. The fourth-order valence-electron chi connectivity index (χ4n) is 3.78. The molecule has 1 saturated carbocycles. The molecule has 1 aliphatic carbocycles. The van der Waals surface area contributed by atoms with Gasteiger partial charge in [0, 0.05) is 19.0 Å². The van der Waals surface area contributed by atoms with Crippen molar-refractivity contribution in [3.8, 4) is 0 Å². The van der Waals surface area contributed by atoms with E-state index in [9.17, 15) is 14.7 Å². The van der Waals surface area contributed by atoms with Gasteiger partial charge < -0.3 is 15.3 Å². The molecular formula is C19H26N2O3. The van der Waals surface area contributed by atoms with E-state index in [2.05, 4.69) is 5.32 Å². The molecule has 1 aromatic rings. The van der Waals surface area contributed by atoms with Crippen LogP contribution in [0.4, 0.5) is 0 Å². The predicted molar refractivity (Wildman–Crippen MR) is 91.1 cm³/mol. The van der Waals surface area contributed by atoms with Crippen LogP contribution in [0.2, 0.25) is 0 Å². The van der Waals surface area contributed by atoms with Crippen molar-refractivity contribution in [2.75, 3.05) is 13.1 Å². The van der Waals surface area contributed by atoms with Gasteiger partial charge in [0.25, 0.3) is 0 Å². The maximum atomic E-state index is 12.4. The van der Waals surface area contributed by atoms with Gasteiger partial charge in [0.05, 0.1) is 12.5 Å². The fourth-order valence-corrected chi connectivity index (χ4v) is 3.78. The number of nitrogens with zero attached hydrogens (tertiary/aromatic N) is 1. The molecule has 2 aliphatic rings. The molecule has 0 radical (unpaired) electrons. The van der Waals surface area contributed by atoms with E-state index in [1.165, 1.54) is 12.8 Å². The highest BCUT2D eigenvalue weighted by molar-refractivity contribution is 5.89. The van der Waals surface area contributed by atoms with Crippen LogP contribution in [0.25, 0.3) is 0 Å². The van der Waals surface area contributed by atoms with Crippen molar-refractivity contribution in [3.05, 3.63) is 35.9 Å². The van der Waals surface area contributed by atoms with Gasteiger partial charge in [0.1, 0.15) is 5.60 Å². The standard InChI is InChI=1S/C19H26N2O3/c1-19(24,15-7-3-2-4-8-15)13-20-18(23)14-11-17(22)21(12-14)16-9-5-6-10-16/h2-4,7-8,14,16,24H,5-6,9-13H2,1H3,(H,20,23). The number of carbonyl (C=O) groups is 2. The maximum Gasteiger partial charge on any atom is 0.225 e. The molecule has 1 saturated heterocycles. The summed E-state index contributed by atoms with van der Waals surface area (Å²) in [6.45, 7) is 2.35. The van der Waals surface area contributed by atoms with Crippen LogP contribution in [0.3, 0.4) is 0 Å². The van der Waals surface area contributed by atoms with Gasteiger partial charge in [-0.1, -0.05) is 43.2 Å². The summed E-state index contributed by atoms with van der Waals surface area (Å²) in [5.74, 6) is -0.346. The second kappa shape index (κ2) is 6.93. The Bertz CT molecular complexity index is 594. The average molecular weight is 330 g/mol. The quantitative estimate of drug-likeness (QED) is 0.865. The van der Waals surface area contributed by atoms with Crippen molar-refractivity contribution in [3.63, 3.8) is 0 Å². The van der Waals surface area contributed by atoms with Crippen LogP contribution in [-0.2, 0) is 15.2 Å². The number of carbonyl (C=O) groups excluding carboxylic acids is 2. The summed E-state index contributed by atoms with van der Waals surface area (Å²) in [7, 11) is 0. The summed E-state index contributed by atoms with van der Waals surface area (Å²) >= 11 is 0. The number of nitrogens with one attached hydrogen (secondary N) is 1. The van der Waals surface area contributed by atoms with Gasteiger partial charge >= 0.3 is 0 Å². The maximum absolute atomic E-state index is 12.4. The highest BCUT2D eigenvalue weighted by atomic mass is 16.3. The van der Waals surface area contributed by atoms with Gasteiger partial charge in [-0.3, -0.25) is 9.59 Å². The highest BCUT2D eigenvalue weighted by Gasteiger charge is 2.39. The zero-order chi connectivity index (χ0) is 17.2. The van der Waals surface area contributed by atoms with Gasteiger partial charge in [0.2, 0.25) is 11.8 Å². The number of hydrogen-bond donors (Lipinski definition) is 2. The Morgan fingerprint density at radius 1 is 1.29 bits per heavy atom. The molecule has 0 aromatic heterocycles. The average Bonchev–Trinajstić information content (AvgIpc) is 3.23. The van der Waals surface area contributed by atoms with E-state index < -0.39 is 5.60 Å². The lowest BCUT2D eigenvalue weighted by molar-refractivity contribution is -0.130. The third kappa shape index (κ3) is 3.61. The number of likely N-dealkylation sites (tertiary alicyclic amines) is 1. The molecule has 5 heteroatoms.